The van der Waals surface area contributed by atoms with Crippen LogP contribution in [-0.4, -0.2) is 0 Å². The Balaban J connectivity index is 2.54. The fourth-order valence-electron chi connectivity index (χ4n) is 1.37. The molecule has 0 amide bonds. The first-order chi connectivity index (χ1) is 5.38. The largest absolute Gasteiger partial charge is 0.384 e. The van der Waals surface area contributed by atoms with Gasteiger partial charge in [0.2, 0.25) is 0 Å². The van der Waals surface area contributed by atoms with Crippen molar-refractivity contribution in [2.75, 3.05) is 0 Å². The van der Waals surface area contributed by atoms with Crippen LogP contribution in [-0.2, 0) is 0 Å². The molecule has 0 bridgehead atoms. The van der Waals surface area contributed by atoms with Crippen molar-refractivity contribution in [1.82, 2.24) is 5.32 Å². The predicted octanol–water partition coefficient (Wildman–Crippen LogP) is 2.12. The minimum Gasteiger partial charge on any atom is -0.384 e. The quantitative estimate of drug-likeness (QED) is 0.588. The lowest BCUT2D eigenvalue weighted by molar-refractivity contribution is 0.679. The van der Waals surface area contributed by atoms with Gasteiger partial charge in [-0.1, -0.05) is 12.1 Å². The maximum atomic E-state index is 3.24. The molecule has 11 heavy (non-hydrogen) atoms. The molecule has 1 N–H and O–H groups in total. The third kappa shape index (κ3) is 1.03. The molecule has 1 unspecified atom stereocenters. The molecule has 1 heteroatoms. The van der Waals surface area contributed by atoms with Crippen molar-refractivity contribution in [3.63, 3.8) is 0 Å². The Labute approximate surface area is 66.7 Å². The van der Waals surface area contributed by atoms with Crippen LogP contribution >= 0.6 is 0 Å². The lowest BCUT2D eigenvalue weighted by atomic mass is 9.99. The van der Waals surface area contributed by atoms with Crippen LogP contribution in [0.4, 0.5) is 0 Å². The predicted molar refractivity (Wildman–Crippen MR) is 45.9 cm³/mol. The van der Waals surface area contributed by atoms with Crippen LogP contribution in [0.2, 0.25) is 0 Å². The highest BCUT2D eigenvalue weighted by atomic mass is 14.9. The summed E-state index contributed by atoms with van der Waals surface area (Å²) in [6.45, 7) is 2.16. The Morgan fingerprint density at radius 1 is 1.55 bits per heavy atom. The summed E-state index contributed by atoms with van der Waals surface area (Å²) >= 11 is 0. The zero-order valence-electron chi connectivity index (χ0n) is 6.46. The average molecular weight is 144 g/mol. The van der Waals surface area contributed by atoms with Crippen LogP contribution in [0.1, 0.15) is 24.1 Å². The van der Waals surface area contributed by atoms with Crippen molar-refractivity contribution in [2.24, 2.45) is 0 Å². The van der Waals surface area contributed by atoms with Crippen molar-refractivity contribution in [3.8, 4) is 0 Å². The summed E-state index contributed by atoms with van der Waals surface area (Å²) in [6.07, 6.45) is 4.06. The van der Waals surface area contributed by atoms with Gasteiger partial charge in [-0.15, -0.1) is 0 Å². The molecule has 0 fully saturated rings. The molecule has 1 aliphatic heterocycles. The molecule has 1 heterocycles. The van der Waals surface area contributed by atoms with E-state index in [9.17, 15) is 0 Å². The van der Waals surface area contributed by atoms with Gasteiger partial charge in [-0.05, 0) is 42.5 Å². The first-order valence-electron chi connectivity index (χ1n) is 3.80. The van der Waals surface area contributed by atoms with E-state index in [0.29, 0.717) is 6.04 Å². The van der Waals surface area contributed by atoms with Gasteiger partial charge < -0.3 is 5.32 Å². The monoisotopic (exact) mass is 144 g/mol. The minimum atomic E-state index is 0.435. The number of rotatable bonds is 0. The molecule has 1 radical (unpaired) electrons. The maximum Gasteiger partial charge on any atom is 0.0486 e. The Bertz CT molecular complexity index is 289. The van der Waals surface area contributed by atoms with Gasteiger partial charge in [0, 0.05) is 6.04 Å². The summed E-state index contributed by atoms with van der Waals surface area (Å²) in [5, 5.41) is 3.24. The zero-order valence-corrected chi connectivity index (χ0v) is 6.46. The van der Waals surface area contributed by atoms with Crippen LogP contribution in [0.3, 0.4) is 0 Å². The van der Waals surface area contributed by atoms with Gasteiger partial charge in [0.1, 0.15) is 0 Å². The molecule has 0 saturated carbocycles. The summed E-state index contributed by atoms with van der Waals surface area (Å²) in [4.78, 5) is 0. The van der Waals surface area contributed by atoms with E-state index in [4.69, 9.17) is 0 Å². The normalized spacial score (nSPS) is 20.6. The fraction of sp³-hybridized carbons (Fsp3) is 0.200. The maximum absolute atomic E-state index is 3.24. The van der Waals surface area contributed by atoms with Gasteiger partial charge in [-0.2, -0.15) is 0 Å². The van der Waals surface area contributed by atoms with Crippen molar-refractivity contribution in [1.29, 1.82) is 0 Å². The van der Waals surface area contributed by atoms with Gasteiger partial charge in [0.25, 0.3) is 0 Å². The highest BCUT2D eigenvalue weighted by molar-refractivity contribution is 5.56. The first kappa shape index (κ1) is 6.47. The van der Waals surface area contributed by atoms with Crippen molar-refractivity contribution in [3.05, 3.63) is 41.6 Å². The van der Waals surface area contributed by atoms with Crippen molar-refractivity contribution >= 4 is 6.08 Å². The molecule has 1 atom stereocenters. The molecule has 55 valence electrons. The van der Waals surface area contributed by atoms with Crippen molar-refractivity contribution < 1.29 is 0 Å². The first-order valence-corrected chi connectivity index (χ1v) is 3.80. The van der Waals surface area contributed by atoms with E-state index in [-0.39, 0.29) is 0 Å². The van der Waals surface area contributed by atoms with Gasteiger partial charge in [0.05, 0.1) is 0 Å². The summed E-state index contributed by atoms with van der Waals surface area (Å²) in [5.74, 6) is 0. The highest BCUT2D eigenvalue weighted by Crippen LogP contribution is 2.21. The topological polar surface area (TPSA) is 12.0 Å². The molecule has 0 spiro atoms. The lowest BCUT2D eigenvalue weighted by Gasteiger charge is -2.18. The molecule has 0 aromatic heterocycles. The van der Waals surface area contributed by atoms with Crippen LogP contribution in [0.25, 0.3) is 6.08 Å². The average Bonchev–Trinajstić information content (AvgIpc) is 2.06. The van der Waals surface area contributed by atoms with Crippen LogP contribution < -0.4 is 5.32 Å². The van der Waals surface area contributed by atoms with Crippen LogP contribution in [0, 0.1) is 6.07 Å². The van der Waals surface area contributed by atoms with E-state index >= 15 is 0 Å². The second-order valence-electron chi connectivity index (χ2n) is 2.78. The van der Waals surface area contributed by atoms with Gasteiger partial charge >= 0.3 is 0 Å². The van der Waals surface area contributed by atoms with E-state index in [1.165, 1.54) is 11.1 Å². The SMILES string of the molecule is CC1NC=Cc2c[c]ccc21. The van der Waals surface area contributed by atoms with Crippen molar-refractivity contribution in [2.45, 2.75) is 13.0 Å². The standard InChI is InChI=1S/C10H10N/c1-8-10-5-3-2-4-9(10)6-7-11-8/h3-8,11H,1H3. The minimum absolute atomic E-state index is 0.435. The molecular formula is C10H10N. The Kier molecular flexibility index (Phi) is 1.42. The summed E-state index contributed by atoms with van der Waals surface area (Å²) in [6, 6.07) is 9.58. The number of benzene rings is 1. The zero-order chi connectivity index (χ0) is 7.68. The van der Waals surface area contributed by atoms with Gasteiger partial charge in [-0.25, -0.2) is 0 Å². The van der Waals surface area contributed by atoms with Gasteiger partial charge in [0.15, 0.2) is 0 Å². The van der Waals surface area contributed by atoms with Gasteiger partial charge in [-0.3, -0.25) is 0 Å². The van der Waals surface area contributed by atoms with E-state index in [1.54, 1.807) is 0 Å². The molecule has 0 aliphatic carbocycles. The molecule has 1 aliphatic rings. The Morgan fingerprint density at radius 2 is 2.45 bits per heavy atom. The number of hydrogen-bond acceptors (Lipinski definition) is 1. The molecule has 1 aromatic carbocycles. The molecule has 1 aromatic rings. The molecule has 0 saturated heterocycles. The van der Waals surface area contributed by atoms with E-state index in [2.05, 4.69) is 30.4 Å². The fourth-order valence-corrected chi connectivity index (χ4v) is 1.37. The Hall–Kier alpha value is -1.24. The molecule has 1 nitrogen and oxygen atoms in total. The van der Waals surface area contributed by atoms with E-state index in [1.807, 2.05) is 18.3 Å². The Morgan fingerprint density at radius 3 is 3.27 bits per heavy atom. The van der Waals surface area contributed by atoms with Crippen LogP contribution in [0.15, 0.2) is 24.4 Å². The smallest absolute Gasteiger partial charge is 0.0486 e. The third-order valence-corrected chi connectivity index (χ3v) is 2.01. The summed E-state index contributed by atoms with van der Waals surface area (Å²) < 4.78 is 0. The van der Waals surface area contributed by atoms with E-state index in [0.717, 1.165) is 0 Å². The second-order valence-corrected chi connectivity index (χ2v) is 2.78. The summed E-state index contributed by atoms with van der Waals surface area (Å²) in [5.41, 5.74) is 2.63. The summed E-state index contributed by atoms with van der Waals surface area (Å²) in [7, 11) is 0. The molecule has 2 rings (SSSR count). The number of hydrogen-bond donors (Lipinski definition) is 1. The third-order valence-electron chi connectivity index (χ3n) is 2.01. The molecular weight excluding hydrogens is 134 g/mol. The lowest BCUT2D eigenvalue weighted by Crippen LogP contribution is -2.15. The second kappa shape index (κ2) is 2.42. The highest BCUT2D eigenvalue weighted by Gasteiger charge is 2.09. The van der Waals surface area contributed by atoms with Crippen LogP contribution in [0.5, 0.6) is 0 Å². The van der Waals surface area contributed by atoms with E-state index < -0.39 is 0 Å². The number of fused-ring (bicyclic) bond motifs is 1. The number of nitrogens with one attached hydrogen (secondary N) is 1.